The molecule has 0 aliphatic carbocycles. The van der Waals surface area contributed by atoms with Gasteiger partial charge in [0.2, 0.25) is 0 Å². The number of hydrogen-bond acceptors (Lipinski definition) is 1. The number of hydrogen-bond donors (Lipinski definition) is 0. The van der Waals surface area contributed by atoms with Gasteiger partial charge >= 0.3 is 0 Å². The number of aldehydes is 1. The summed E-state index contributed by atoms with van der Waals surface area (Å²) in [6, 6.07) is 18.6. The van der Waals surface area contributed by atoms with E-state index in [4.69, 9.17) is 0 Å². The van der Waals surface area contributed by atoms with E-state index in [1.165, 1.54) is 6.07 Å². The third-order valence-electron chi connectivity index (χ3n) is 4.22. The summed E-state index contributed by atoms with van der Waals surface area (Å²) in [6.07, 6.45) is 2.73. The van der Waals surface area contributed by atoms with Crippen LogP contribution in [0.2, 0.25) is 0 Å². The third kappa shape index (κ3) is 2.30. The standard InChI is InChI=1S/C20H14FNO/c21-17-9-8-14-4-3-5-15(19(14)10-17)11-22-12-16(13-23)18-6-1-2-7-20(18)22/h1-10,12-13H,11H2. The van der Waals surface area contributed by atoms with Crippen LogP contribution in [0.3, 0.4) is 0 Å². The molecule has 0 aliphatic heterocycles. The van der Waals surface area contributed by atoms with Crippen molar-refractivity contribution in [1.29, 1.82) is 0 Å². The van der Waals surface area contributed by atoms with Crippen molar-refractivity contribution in [2.45, 2.75) is 6.54 Å². The fourth-order valence-electron chi connectivity index (χ4n) is 3.13. The second-order valence-corrected chi connectivity index (χ2v) is 5.63. The largest absolute Gasteiger partial charge is 0.342 e. The van der Waals surface area contributed by atoms with Crippen molar-refractivity contribution in [3.63, 3.8) is 0 Å². The minimum Gasteiger partial charge on any atom is -0.342 e. The van der Waals surface area contributed by atoms with E-state index in [2.05, 4.69) is 0 Å². The Morgan fingerprint density at radius 3 is 2.70 bits per heavy atom. The molecule has 112 valence electrons. The van der Waals surface area contributed by atoms with Crippen LogP contribution in [0.5, 0.6) is 0 Å². The molecule has 0 N–H and O–H groups in total. The van der Waals surface area contributed by atoms with Crippen LogP contribution in [0.1, 0.15) is 15.9 Å². The quantitative estimate of drug-likeness (QED) is 0.499. The lowest BCUT2D eigenvalue weighted by Gasteiger charge is -2.09. The summed E-state index contributed by atoms with van der Waals surface area (Å²) in [7, 11) is 0. The molecule has 4 rings (SSSR count). The van der Waals surface area contributed by atoms with Gasteiger partial charge in [-0.2, -0.15) is 0 Å². The van der Waals surface area contributed by atoms with Gasteiger partial charge in [0.25, 0.3) is 0 Å². The van der Waals surface area contributed by atoms with Crippen molar-refractivity contribution in [3.8, 4) is 0 Å². The first-order chi connectivity index (χ1) is 11.3. The maximum Gasteiger partial charge on any atom is 0.152 e. The van der Waals surface area contributed by atoms with E-state index in [-0.39, 0.29) is 5.82 Å². The fourth-order valence-corrected chi connectivity index (χ4v) is 3.13. The highest BCUT2D eigenvalue weighted by atomic mass is 19.1. The van der Waals surface area contributed by atoms with Crippen LogP contribution in [0.4, 0.5) is 4.39 Å². The molecule has 0 saturated heterocycles. The molecule has 0 aliphatic rings. The molecule has 0 unspecified atom stereocenters. The van der Waals surface area contributed by atoms with Crippen molar-refractivity contribution in [2.24, 2.45) is 0 Å². The van der Waals surface area contributed by atoms with Crippen molar-refractivity contribution in [3.05, 3.63) is 83.8 Å². The zero-order chi connectivity index (χ0) is 15.8. The van der Waals surface area contributed by atoms with Gasteiger partial charge in [-0.15, -0.1) is 0 Å². The molecule has 0 saturated carbocycles. The van der Waals surface area contributed by atoms with Gasteiger partial charge in [0, 0.05) is 29.2 Å². The lowest BCUT2D eigenvalue weighted by atomic mass is 10.0. The minimum atomic E-state index is -0.240. The molecular formula is C20H14FNO. The molecule has 2 nitrogen and oxygen atoms in total. The van der Waals surface area contributed by atoms with E-state index < -0.39 is 0 Å². The molecule has 1 heterocycles. The molecule has 3 aromatic carbocycles. The maximum absolute atomic E-state index is 13.6. The number of fused-ring (bicyclic) bond motifs is 2. The second kappa shape index (κ2) is 5.36. The van der Waals surface area contributed by atoms with Crippen LogP contribution in [0.15, 0.2) is 66.9 Å². The summed E-state index contributed by atoms with van der Waals surface area (Å²) in [5, 5.41) is 2.85. The van der Waals surface area contributed by atoms with Crippen LogP contribution >= 0.6 is 0 Å². The Morgan fingerprint density at radius 1 is 0.957 bits per heavy atom. The molecule has 3 heteroatoms. The molecule has 0 bridgehead atoms. The van der Waals surface area contributed by atoms with E-state index in [1.54, 1.807) is 12.1 Å². The molecule has 0 fully saturated rings. The number of benzene rings is 3. The highest BCUT2D eigenvalue weighted by Crippen LogP contribution is 2.25. The van der Waals surface area contributed by atoms with Crippen LogP contribution in [-0.2, 0) is 6.54 Å². The Hall–Kier alpha value is -2.94. The lowest BCUT2D eigenvalue weighted by Crippen LogP contribution is -1.99. The summed E-state index contributed by atoms with van der Waals surface area (Å²) in [5.74, 6) is -0.240. The summed E-state index contributed by atoms with van der Waals surface area (Å²) in [6.45, 7) is 0.592. The van der Waals surface area contributed by atoms with E-state index in [0.717, 1.165) is 33.5 Å². The molecule has 4 aromatic rings. The third-order valence-corrected chi connectivity index (χ3v) is 4.22. The van der Waals surface area contributed by atoms with Crippen LogP contribution in [0, 0.1) is 5.82 Å². The summed E-state index contributed by atoms with van der Waals surface area (Å²) < 4.78 is 15.7. The second-order valence-electron chi connectivity index (χ2n) is 5.63. The molecule has 23 heavy (non-hydrogen) atoms. The lowest BCUT2D eigenvalue weighted by molar-refractivity contribution is 0.112. The fraction of sp³-hybridized carbons (Fsp3) is 0.0500. The number of aromatic nitrogens is 1. The Morgan fingerprint density at radius 2 is 1.83 bits per heavy atom. The van der Waals surface area contributed by atoms with E-state index >= 15 is 0 Å². The van der Waals surface area contributed by atoms with Gasteiger partial charge < -0.3 is 4.57 Å². The predicted molar refractivity (Wildman–Crippen MR) is 90.3 cm³/mol. The predicted octanol–water partition coefficient (Wildman–Crippen LogP) is 4.79. The first kappa shape index (κ1) is 13.7. The number of nitrogens with zero attached hydrogens (tertiary/aromatic N) is 1. The van der Waals surface area contributed by atoms with Crippen molar-refractivity contribution in [2.75, 3.05) is 0 Å². The van der Waals surface area contributed by atoms with Gasteiger partial charge in [-0.25, -0.2) is 4.39 Å². The Labute approximate surface area is 132 Å². The molecule has 1 aromatic heterocycles. The van der Waals surface area contributed by atoms with Crippen LogP contribution in [0.25, 0.3) is 21.7 Å². The molecular weight excluding hydrogens is 289 g/mol. The Bertz CT molecular complexity index is 1030. The summed E-state index contributed by atoms with van der Waals surface area (Å²) in [5.41, 5.74) is 2.70. The first-order valence-corrected chi connectivity index (χ1v) is 7.46. The molecule has 0 radical (unpaired) electrons. The number of carbonyl (C=O) groups excluding carboxylic acids is 1. The number of halogens is 1. The highest BCUT2D eigenvalue weighted by molar-refractivity contribution is 5.97. The summed E-state index contributed by atoms with van der Waals surface area (Å²) >= 11 is 0. The van der Waals surface area contributed by atoms with E-state index in [9.17, 15) is 9.18 Å². The zero-order valence-electron chi connectivity index (χ0n) is 12.4. The van der Waals surface area contributed by atoms with Crippen LogP contribution in [-0.4, -0.2) is 10.9 Å². The Kier molecular flexibility index (Phi) is 3.19. The highest BCUT2D eigenvalue weighted by Gasteiger charge is 2.09. The Balaban J connectivity index is 1.89. The smallest absolute Gasteiger partial charge is 0.152 e. The van der Waals surface area contributed by atoms with Gasteiger partial charge in [-0.05, 0) is 34.5 Å². The van der Waals surface area contributed by atoms with Crippen molar-refractivity contribution < 1.29 is 9.18 Å². The topological polar surface area (TPSA) is 22.0 Å². The molecule has 0 amide bonds. The number of para-hydroxylation sites is 1. The van der Waals surface area contributed by atoms with Gasteiger partial charge in [0.1, 0.15) is 5.82 Å². The SMILES string of the molecule is O=Cc1cn(Cc2cccc3ccc(F)cc23)c2ccccc12. The number of rotatable bonds is 3. The average molecular weight is 303 g/mol. The molecule has 0 spiro atoms. The summed E-state index contributed by atoms with van der Waals surface area (Å²) in [4.78, 5) is 11.3. The van der Waals surface area contributed by atoms with E-state index in [0.29, 0.717) is 12.1 Å². The minimum absolute atomic E-state index is 0.240. The van der Waals surface area contributed by atoms with Crippen LogP contribution < -0.4 is 0 Å². The maximum atomic E-state index is 13.6. The monoisotopic (exact) mass is 303 g/mol. The van der Waals surface area contributed by atoms with Gasteiger partial charge in [0.05, 0.1) is 0 Å². The van der Waals surface area contributed by atoms with E-state index in [1.807, 2.05) is 53.2 Å². The van der Waals surface area contributed by atoms with Gasteiger partial charge in [-0.3, -0.25) is 4.79 Å². The zero-order valence-corrected chi connectivity index (χ0v) is 12.4. The van der Waals surface area contributed by atoms with Gasteiger partial charge in [0.15, 0.2) is 6.29 Å². The number of carbonyl (C=O) groups is 1. The van der Waals surface area contributed by atoms with Gasteiger partial charge in [-0.1, -0.05) is 42.5 Å². The normalized spacial score (nSPS) is 11.2. The first-order valence-electron chi connectivity index (χ1n) is 7.46. The van der Waals surface area contributed by atoms with Crippen molar-refractivity contribution in [1.82, 2.24) is 4.57 Å². The molecule has 0 atom stereocenters. The average Bonchev–Trinajstić information content (AvgIpc) is 2.93. The van der Waals surface area contributed by atoms with Crippen molar-refractivity contribution >= 4 is 28.0 Å².